The van der Waals surface area contributed by atoms with Gasteiger partial charge in [-0.3, -0.25) is 0 Å². The molecule has 1 aliphatic heterocycles. The highest BCUT2D eigenvalue weighted by Gasteiger charge is 2.26. The summed E-state index contributed by atoms with van der Waals surface area (Å²) in [4.78, 5) is 2.04. The van der Waals surface area contributed by atoms with Crippen LogP contribution in [-0.2, 0) is 6.42 Å². The number of fused-ring (bicyclic) bond motifs is 1. The first-order chi connectivity index (χ1) is 12.0. The highest BCUT2D eigenvalue weighted by atomic mass is 32.1. The summed E-state index contributed by atoms with van der Waals surface area (Å²) in [6.07, 6.45) is 1.76. The lowest BCUT2D eigenvalue weighted by Crippen LogP contribution is -2.44. The van der Waals surface area contributed by atoms with Crippen LogP contribution in [0.2, 0.25) is 0 Å². The van der Waals surface area contributed by atoms with Crippen LogP contribution in [-0.4, -0.2) is 25.4 Å². The Morgan fingerprint density at radius 2 is 1.84 bits per heavy atom. The maximum absolute atomic E-state index is 13.5. The van der Waals surface area contributed by atoms with Crippen LogP contribution in [0.1, 0.15) is 18.9 Å². The Morgan fingerprint density at radius 1 is 1.16 bits per heavy atom. The minimum absolute atomic E-state index is 0.218. The zero-order valence-electron chi connectivity index (χ0n) is 14.5. The van der Waals surface area contributed by atoms with Crippen LogP contribution in [0.5, 0.6) is 11.5 Å². The third-order valence-corrected chi connectivity index (χ3v) is 4.69. The molecule has 3 rings (SSSR count). The van der Waals surface area contributed by atoms with Crippen LogP contribution >= 0.6 is 12.2 Å². The number of benzene rings is 2. The summed E-state index contributed by atoms with van der Waals surface area (Å²) in [5.74, 6) is 1.14. The molecule has 0 saturated heterocycles. The molecular weight excluding hydrogens is 339 g/mol. The number of hydrogen-bond donors (Lipinski definition) is 1. The first-order valence-corrected chi connectivity index (χ1v) is 8.54. The average Bonchev–Trinajstić information content (AvgIpc) is 2.61. The average molecular weight is 360 g/mol. The number of anilines is 2. The number of ether oxygens (including phenoxy) is 2. The standard InChI is InChI=1S/C19H21FN2O2S/c1-12-4-5-13-8-14(20)6-7-18(13)22(12)19(25)21-15-9-16(23-2)11-17(10-15)24-3/h6-12H,4-5H2,1-3H3,(H,21,25). The molecule has 4 nitrogen and oxygen atoms in total. The zero-order valence-corrected chi connectivity index (χ0v) is 15.3. The fraction of sp³-hybridized carbons (Fsp3) is 0.316. The van der Waals surface area contributed by atoms with Gasteiger partial charge in [-0.25, -0.2) is 4.39 Å². The topological polar surface area (TPSA) is 33.7 Å². The van der Waals surface area contributed by atoms with Gasteiger partial charge in [0, 0.05) is 35.6 Å². The van der Waals surface area contributed by atoms with Crippen molar-refractivity contribution in [3.8, 4) is 11.5 Å². The van der Waals surface area contributed by atoms with Crippen molar-refractivity contribution in [3.05, 3.63) is 47.8 Å². The molecule has 0 bridgehead atoms. The molecule has 0 spiro atoms. The molecule has 1 atom stereocenters. The van der Waals surface area contributed by atoms with Gasteiger partial charge in [-0.2, -0.15) is 0 Å². The van der Waals surface area contributed by atoms with E-state index in [0.717, 1.165) is 29.8 Å². The van der Waals surface area contributed by atoms with Crippen LogP contribution in [0.15, 0.2) is 36.4 Å². The summed E-state index contributed by atoms with van der Waals surface area (Å²) >= 11 is 5.64. The molecule has 1 unspecified atom stereocenters. The van der Waals surface area contributed by atoms with Crippen molar-refractivity contribution in [2.45, 2.75) is 25.8 Å². The van der Waals surface area contributed by atoms with Gasteiger partial charge in [-0.1, -0.05) is 0 Å². The van der Waals surface area contributed by atoms with Gasteiger partial charge in [-0.15, -0.1) is 0 Å². The number of rotatable bonds is 3. The Hall–Kier alpha value is -2.34. The fourth-order valence-corrected chi connectivity index (χ4v) is 3.49. The molecule has 0 radical (unpaired) electrons. The van der Waals surface area contributed by atoms with E-state index in [9.17, 15) is 4.39 Å². The number of thiocarbonyl (C=S) groups is 1. The number of aryl methyl sites for hydroxylation is 1. The highest BCUT2D eigenvalue weighted by Crippen LogP contribution is 2.33. The number of halogens is 1. The Morgan fingerprint density at radius 3 is 2.48 bits per heavy atom. The smallest absolute Gasteiger partial charge is 0.178 e. The lowest BCUT2D eigenvalue weighted by Gasteiger charge is -2.37. The maximum atomic E-state index is 13.5. The Labute approximate surface area is 152 Å². The molecule has 2 aromatic carbocycles. The van der Waals surface area contributed by atoms with Crippen molar-refractivity contribution in [2.24, 2.45) is 0 Å². The van der Waals surface area contributed by atoms with E-state index >= 15 is 0 Å². The Kier molecular flexibility index (Phi) is 5.08. The van der Waals surface area contributed by atoms with Crippen molar-refractivity contribution >= 4 is 28.7 Å². The SMILES string of the molecule is COc1cc(NC(=S)N2c3ccc(F)cc3CCC2C)cc(OC)c1. The second-order valence-electron chi connectivity index (χ2n) is 6.06. The van der Waals surface area contributed by atoms with Crippen LogP contribution < -0.4 is 19.7 Å². The monoisotopic (exact) mass is 360 g/mol. The third-order valence-electron chi connectivity index (χ3n) is 4.39. The largest absolute Gasteiger partial charge is 0.497 e. The quantitative estimate of drug-likeness (QED) is 0.822. The molecule has 2 aromatic rings. The zero-order chi connectivity index (χ0) is 18.0. The number of nitrogens with one attached hydrogen (secondary N) is 1. The molecule has 1 aliphatic rings. The van der Waals surface area contributed by atoms with Crippen LogP contribution in [0.4, 0.5) is 15.8 Å². The van der Waals surface area contributed by atoms with Crippen LogP contribution in [0, 0.1) is 5.82 Å². The van der Waals surface area contributed by atoms with E-state index in [4.69, 9.17) is 21.7 Å². The fourth-order valence-electron chi connectivity index (χ4n) is 3.09. The molecule has 132 valence electrons. The molecule has 0 saturated carbocycles. The van der Waals surface area contributed by atoms with E-state index in [1.54, 1.807) is 32.4 Å². The van der Waals surface area contributed by atoms with Gasteiger partial charge in [-0.05, 0) is 55.7 Å². The molecule has 6 heteroatoms. The minimum Gasteiger partial charge on any atom is -0.497 e. The van der Waals surface area contributed by atoms with E-state index in [1.807, 2.05) is 17.0 Å². The molecule has 0 amide bonds. The summed E-state index contributed by atoms with van der Waals surface area (Å²) in [6, 6.07) is 10.6. The van der Waals surface area contributed by atoms with Crippen molar-refractivity contribution in [1.82, 2.24) is 0 Å². The van der Waals surface area contributed by atoms with Crippen molar-refractivity contribution in [3.63, 3.8) is 0 Å². The molecular formula is C19H21FN2O2S. The van der Waals surface area contributed by atoms with E-state index in [0.29, 0.717) is 16.6 Å². The van der Waals surface area contributed by atoms with Gasteiger partial charge in [0.2, 0.25) is 0 Å². The lowest BCUT2D eigenvalue weighted by molar-refractivity contribution is 0.395. The third kappa shape index (κ3) is 3.69. The molecule has 25 heavy (non-hydrogen) atoms. The van der Waals surface area contributed by atoms with Gasteiger partial charge >= 0.3 is 0 Å². The molecule has 0 aliphatic carbocycles. The first-order valence-electron chi connectivity index (χ1n) is 8.13. The van der Waals surface area contributed by atoms with Crippen molar-refractivity contribution < 1.29 is 13.9 Å². The van der Waals surface area contributed by atoms with Crippen molar-refractivity contribution in [1.29, 1.82) is 0 Å². The van der Waals surface area contributed by atoms with E-state index in [1.165, 1.54) is 6.07 Å². The van der Waals surface area contributed by atoms with Gasteiger partial charge in [0.15, 0.2) is 5.11 Å². The van der Waals surface area contributed by atoms with Gasteiger partial charge in [0.1, 0.15) is 17.3 Å². The molecule has 1 heterocycles. The Bertz CT molecular complexity index is 775. The lowest BCUT2D eigenvalue weighted by atomic mass is 9.97. The van der Waals surface area contributed by atoms with Crippen LogP contribution in [0.25, 0.3) is 0 Å². The van der Waals surface area contributed by atoms with Gasteiger partial charge in [0.05, 0.1) is 14.2 Å². The summed E-state index contributed by atoms with van der Waals surface area (Å²) < 4.78 is 24.1. The first kappa shape index (κ1) is 17.5. The van der Waals surface area contributed by atoms with E-state index in [-0.39, 0.29) is 11.9 Å². The number of nitrogens with zero attached hydrogens (tertiary/aromatic N) is 1. The maximum Gasteiger partial charge on any atom is 0.178 e. The predicted molar refractivity (Wildman–Crippen MR) is 102 cm³/mol. The van der Waals surface area contributed by atoms with Crippen LogP contribution in [0.3, 0.4) is 0 Å². The minimum atomic E-state index is -0.218. The molecule has 0 aromatic heterocycles. The van der Waals surface area contributed by atoms with E-state index < -0.39 is 0 Å². The van der Waals surface area contributed by atoms with Gasteiger partial charge < -0.3 is 19.7 Å². The second-order valence-corrected chi connectivity index (χ2v) is 6.45. The van der Waals surface area contributed by atoms with Gasteiger partial charge in [0.25, 0.3) is 0 Å². The normalized spacial score (nSPS) is 16.2. The summed E-state index contributed by atoms with van der Waals surface area (Å²) in [5, 5.41) is 3.82. The highest BCUT2D eigenvalue weighted by molar-refractivity contribution is 7.80. The van der Waals surface area contributed by atoms with E-state index in [2.05, 4.69) is 12.2 Å². The summed E-state index contributed by atoms with van der Waals surface area (Å²) in [6.45, 7) is 2.12. The van der Waals surface area contributed by atoms with Crippen molar-refractivity contribution in [2.75, 3.05) is 24.4 Å². The number of hydrogen-bond acceptors (Lipinski definition) is 3. The number of methoxy groups -OCH3 is 2. The summed E-state index contributed by atoms with van der Waals surface area (Å²) in [7, 11) is 3.21. The molecule has 0 fully saturated rings. The Balaban J connectivity index is 1.89. The second kappa shape index (κ2) is 7.27. The summed E-state index contributed by atoms with van der Waals surface area (Å²) in [5.41, 5.74) is 2.71. The molecule has 1 N–H and O–H groups in total. The predicted octanol–water partition coefficient (Wildman–Crippen LogP) is 4.38.